The first-order valence-corrected chi connectivity index (χ1v) is 13.5. The lowest BCUT2D eigenvalue weighted by molar-refractivity contribution is -0.166. The van der Waals surface area contributed by atoms with Gasteiger partial charge >= 0.3 is 5.97 Å². The van der Waals surface area contributed by atoms with Gasteiger partial charge in [0.2, 0.25) is 0 Å². The monoisotopic (exact) mass is 527 g/mol. The number of fused-ring (bicyclic) bond motifs is 2. The number of carbonyl (C=O) groups is 1. The van der Waals surface area contributed by atoms with Gasteiger partial charge in [-0.1, -0.05) is 37.6 Å². The van der Waals surface area contributed by atoms with Gasteiger partial charge in [-0.05, 0) is 63.9 Å². The minimum atomic E-state index is -0.910. The van der Waals surface area contributed by atoms with Crippen molar-refractivity contribution < 1.29 is 19.4 Å². The van der Waals surface area contributed by atoms with Gasteiger partial charge in [0.1, 0.15) is 23.4 Å². The minimum Gasteiger partial charge on any atom is -0.462 e. The molecule has 2 aliphatic heterocycles. The van der Waals surface area contributed by atoms with Crippen LogP contribution < -0.4 is 10.1 Å². The number of halogens is 1. The van der Waals surface area contributed by atoms with E-state index in [0.29, 0.717) is 48.8 Å². The summed E-state index contributed by atoms with van der Waals surface area (Å²) < 4.78 is 12.1. The van der Waals surface area contributed by atoms with Crippen LogP contribution in [0.5, 0.6) is 11.5 Å². The summed E-state index contributed by atoms with van der Waals surface area (Å²) in [5.41, 5.74) is -0.0523. The zero-order chi connectivity index (χ0) is 26.8. The van der Waals surface area contributed by atoms with Gasteiger partial charge in [0.05, 0.1) is 16.6 Å². The Labute approximate surface area is 224 Å². The van der Waals surface area contributed by atoms with Gasteiger partial charge < -0.3 is 24.8 Å². The largest absolute Gasteiger partial charge is 0.462 e. The number of para-hydroxylation sites is 1. The number of piperazine rings is 1. The maximum atomic E-state index is 13.6. The lowest BCUT2D eigenvalue weighted by Crippen LogP contribution is -2.61. The van der Waals surface area contributed by atoms with E-state index in [0.717, 1.165) is 23.7 Å². The molecule has 2 atom stereocenters. The highest BCUT2D eigenvalue weighted by Crippen LogP contribution is 2.40. The molecule has 0 bridgehead atoms. The third-order valence-corrected chi connectivity index (χ3v) is 7.64. The number of hydrogen-bond acceptors (Lipinski definition) is 7. The molecule has 0 unspecified atom stereocenters. The van der Waals surface area contributed by atoms with Crippen molar-refractivity contribution in [1.82, 2.24) is 10.2 Å². The quantitative estimate of drug-likeness (QED) is 0.450. The topological polar surface area (TPSA) is 83.4 Å². The Morgan fingerprint density at radius 2 is 1.97 bits per heavy atom. The van der Waals surface area contributed by atoms with Crippen LogP contribution in [0.25, 0.3) is 0 Å². The average Bonchev–Trinajstić information content (AvgIpc) is 3.01. The summed E-state index contributed by atoms with van der Waals surface area (Å²) in [6, 6.07) is 13.2. The van der Waals surface area contributed by atoms with E-state index in [1.165, 1.54) is 0 Å². The zero-order valence-corrected chi connectivity index (χ0v) is 23.1. The Morgan fingerprint density at radius 3 is 2.68 bits per heavy atom. The van der Waals surface area contributed by atoms with Gasteiger partial charge in [0.15, 0.2) is 5.75 Å². The van der Waals surface area contributed by atoms with E-state index in [1.54, 1.807) is 19.9 Å². The highest BCUT2D eigenvalue weighted by atomic mass is 35.5. The smallest absolute Gasteiger partial charge is 0.313 e. The van der Waals surface area contributed by atoms with Crippen LogP contribution in [-0.4, -0.2) is 59.2 Å². The van der Waals surface area contributed by atoms with Crippen LogP contribution in [0.2, 0.25) is 5.02 Å². The van der Waals surface area contributed by atoms with Crippen molar-refractivity contribution in [2.24, 2.45) is 10.4 Å². The van der Waals surface area contributed by atoms with E-state index in [1.807, 2.05) is 57.2 Å². The molecule has 37 heavy (non-hydrogen) atoms. The molecule has 200 valence electrons. The van der Waals surface area contributed by atoms with Crippen molar-refractivity contribution in [3.05, 3.63) is 53.1 Å². The fourth-order valence-corrected chi connectivity index (χ4v) is 5.64. The molecule has 0 amide bonds. The number of aliphatic imine (C=N–C) groups is 1. The summed E-state index contributed by atoms with van der Waals surface area (Å²) >= 11 is 6.30. The molecule has 2 aromatic rings. The first-order valence-electron chi connectivity index (χ1n) is 13.1. The Bertz CT molecular complexity index is 1160. The summed E-state index contributed by atoms with van der Waals surface area (Å²) in [6.45, 7) is 11.4. The molecule has 1 fully saturated rings. The number of benzene rings is 2. The number of amidine groups is 1. The van der Waals surface area contributed by atoms with Gasteiger partial charge in [-0.2, -0.15) is 0 Å². The van der Waals surface area contributed by atoms with Gasteiger partial charge in [0, 0.05) is 37.1 Å². The number of rotatable bonds is 7. The van der Waals surface area contributed by atoms with Crippen LogP contribution in [0.1, 0.15) is 59.4 Å². The fourth-order valence-electron chi connectivity index (χ4n) is 5.47. The molecule has 2 aliphatic rings. The first-order chi connectivity index (χ1) is 17.6. The summed E-state index contributed by atoms with van der Waals surface area (Å²) in [4.78, 5) is 20.9. The van der Waals surface area contributed by atoms with Crippen molar-refractivity contribution in [1.29, 1.82) is 0 Å². The van der Waals surface area contributed by atoms with Crippen LogP contribution in [0.15, 0.2) is 47.5 Å². The van der Waals surface area contributed by atoms with Crippen LogP contribution in [0, 0.1) is 5.41 Å². The Hall–Kier alpha value is -2.61. The van der Waals surface area contributed by atoms with Crippen LogP contribution in [-0.2, 0) is 9.53 Å². The number of hydrogen-bond donors (Lipinski definition) is 2. The second-order valence-electron chi connectivity index (χ2n) is 10.7. The maximum Gasteiger partial charge on any atom is 0.313 e. The summed E-state index contributed by atoms with van der Waals surface area (Å²) in [5, 5.41) is 14.4. The van der Waals surface area contributed by atoms with Crippen molar-refractivity contribution in [2.75, 3.05) is 19.6 Å². The predicted octanol–water partition coefficient (Wildman–Crippen LogP) is 5.70. The van der Waals surface area contributed by atoms with E-state index in [-0.39, 0.29) is 18.1 Å². The molecule has 1 saturated heterocycles. The fraction of sp³-hybridized carbons (Fsp3) is 0.517. The molecular weight excluding hydrogens is 490 g/mol. The average molecular weight is 528 g/mol. The Kier molecular flexibility index (Phi) is 8.17. The zero-order valence-electron chi connectivity index (χ0n) is 22.4. The highest BCUT2D eigenvalue weighted by molar-refractivity contribution is 6.31. The second kappa shape index (κ2) is 11.0. The van der Waals surface area contributed by atoms with Crippen molar-refractivity contribution in [3.8, 4) is 11.5 Å². The Balaban J connectivity index is 1.65. The summed E-state index contributed by atoms with van der Waals surface area (Å²) in [7, 11) is 0. The van der Waals surface area contributed by atoms with E-state index in [4.69, 9.17) is 26.1 Å². The van der Waals surface area contributed by atoms with E-state index in [2.05, 4.69) is 10.2 Å². The van der Waals surface area contributed by atoms with Crippen molar-refractivity contribution in [3.63, 3.8) is 0 Å². The minimum absolute atomic E-state index is 0.143. The highest BCUT2D eigenvalue weighted by Gasteiger charge is 2.47. The van der Waals surface area contributed by atoms with Crippen LogP contribution in [0.4, 0.5) is 5.69 Å². The number of aliphatic hydroxyl groups is 1. The molecule has 2 aromatic carbocycles. The lowest BCUT2D eigenvalue weighted by atomic mass is 9.74. The number of ether oxygens (including phenoxy) is 2. The first kappa shape index (κ1) is 27.4. The number of nitrogens with zero attached hydrogens (tertiary/aromatic N) is 2. The van der Waals surface area contributed by atoms with Gasteiger partial charge in [-0.25, -0.2) is 4.99 Å². The molecule has 0 spiro atoms. The van der Waals surface area contributed by atoms with Crippen LogP contribution >= 0.6 is 11.6 Å². The molecule has 0 aromatic heterocycles. The van der Waals surface area contributed by atoms with Gasteiger partial charge in [0.25, 0.3) is 0 Å². The molecular formula is C29H38ClN3O4. The maximum absolute atomic E-state index is 13.6. The molecule has 7 nitrogen and oxygen atoms in total. The number of carbonyl (C=O) groups excluding carboxylic acids is 1. The third-order valence-electron chi connectivity index (χ3n) is 7.40. The van der Waals surface area contributed by atoms with Gasteiger partial charge in [-0.3, -0.25) is 4.79 Å². The second-order valence-corrected chi connectivity index (χ2v) is 11.1. The summed E-state index contributed by atoms with van der Waals surface area (Å²) in [6.07, 6.45) is 1.25. The van der Waals surface area contributed by atoms with Crippen molar-refractivity contribution in [2.45, 2.75) is 71.6 Å². The van der Waals surface area contributed by atoms with Gasteiger partial charge in [-0.15, -0.1) is 0 Å². The van der Waals surface area contributed by atoms with E-state index in [9.17, 15) is 9.90 Å². The third kappa shape index (κ3) is 5.95. The molecule has 2 N–H and O–H groups in total. The normalized spacial score (nSPS) is 18.6. The molecule has 2 heterocycles. The van der Waals surface area contributed by atoms with Crippen molar-refractivity contribution >= 4 is 29.1 Å². The predicted molar refractivity (Wildman–Crippen MR) is 147 cm³/mol. The molecule has 8 heteroatoms. The molecule has 0 radical (unpaired) electrons. The van der Waals surface area contributed by atoms with E-state index >= 15 is 0 Å². The lowest BCUT2D eigenvalue weighted by Gasteiger charge is -2.45. The molecule has 4 rings (SSSR count). The standard InChI is InChI=1S/C29H38ClN3O4/c1-6-29(7-2,27(34)36-19(3)17-28(4,5)35)25-18-33(15-14-31-25)26-21-10-8-9-11-23(21)37-24-13-12-20(30)16-22(24)32-26/h8-13,16,19,25,31,35H,6-7,14-15,17-18H2,1-5H3/t19-,25-/m1/s1. The van der Waals surface area contributed by atoms with Crippen LogP contribution in [0.3, 0.4) is 0 Å². The Morgan fingerprint density at radius 1 is 1.24 bits per heavy atom. The summed E-state index contributed by atoms with van der Waals surface area (Å²) in [5.74, 6) is 1.96. The molecule has 0 saturated carbocycles. The molecule has 0 aliphatic carbocycles. The number of nitrogens with one attached hydrogen (secondary N) is 1. The SMILES string of the molecule is CCC(CC)(C(=O)O[C@H](C)CC(C)(C)O)[C@H]1CN(C2=Nc3cc(Cl)ccc3Oc3ccccc32)CCN1. The van der Waals surface area contributed by atoms with E-state index < -0.39 is 11.0 Å². The number of esters is 1.